The highest BCUT2D eigenvalue weighted by atomic mass is 32.2. The molecule has 0 bridgehead atoms. The summed E-state index contributed by atoms with van der Waals surface area (Å²) in [5.74, 6) is 0. The molecular weight excluding hydrogens is 246 g/mol. The van der Waals surface area contributed by atoms with Crippen molar-refractivity contribution < 1.29 is 8.42 Å². The Morgan fingerprint density at radius 1 is 1.22 bits per heavy atom. The first kappa shape index (κ1) is 13.4. The number of fused-ring (bicyclic) bond motifs is 1. The van der Waals surface area contributed by atoms with Crippen molar-refractivity contribution >= 4 is 15.7 Å². The van der Waals surface area contributed by atoms with Crippen LogP contribution in [-0.4, -0.2) is 21.2 Å². The first-order chi connectivity index (χ1) is 8.19. The Bertz CT molecular complexity index is 556. The second-order valence-corrected chi connectivity index (χ2v) is 7.94. The van der Waals surface area contributed by atoms with Crippen LogP contribution in [-0.2, 0) is 21.9 Å². The lowest BCUT2D eigenvalue weighted by Crippen LogP contribution is -2.34. The minimum absolute atomic E-state index is 0.0996. The SMILES string of the molecule is CC(C)(C)c1ccc2c(c1)CCCN2S(C)(=O)=O. The van der Waals surface area contributed by atoms with Crippen molar-refractivity contribution in [1.82, 2.24) is 0 Å². The quantitative estimate of drug-likeness (QED) is 0.784. The van der Waals surface area contributed by atoms with Crippen LogP contribution < -0.4 is 4.31 Å². The second-order valence-electron chi connectivity index (χ2n) is 6.03. The summed E-state index contributed by atoms with van der Waals surface area (Å²) in [6.45, 7) is 7.12. The van der Waals surface area contributed by atoms with Crippen LogP contribution in [0, 0.1) is 0 Å². The summed E-state index contributed by atoms with van der Waals surface area (Å²) in [4.78, 5) is 0. The third-order valence-electron chi connectivity index (χ3n) is 3.42. The van der Waals surface area contributed by atoms with Gasteiger partial charge in [-0.05, 0) is 35.4 Å². The molecule has 0 N–H and O–H groups in total. The van der Waals surface area contributed by atoms with E-state index in [9.17, 15) is 8.42 Å². The van der Waals surface area contributed by atoms with Crippen molar-refractivity contribution in [2.24, 2.45) is 0 Å². The molecule has 18 heavy (non-hydrogen) atoms. The predicted octanol–water partition coefficient (Wildman–Crippen LogP) is 2.70. The van der Waals surface area contributed by atoms with Crippen LogP contribution in [0.15, 0.2) is 18.2 Å². The lowest BCUT2D eigenvalue weighted by molar-refractivity contribution is 0.585. The number of aryl methyl sites for hydroxylation is 1. The summed E-state index contributed by atoms with van der Waals surface area (Å²) >= 11 is 0. The maximum atomic E-state index is 11.8. The van der Waals surface area contributed by atoms with Crippen molar-refractivity contribution in [3.63, 3.8) is 0 Å². The van der Waals surface area contributed by atoms with Gasteiger partial charge < -0.3 is 0 Å². The summed E-state index contributed by atoms with van der Waals surface area (Å²) in [6.07, 6.45) is 3.14. The standard InChI is InChI=1S/C14H21NO2S/c1-14(2,3)12-7-8-13-11(10-12)6-5-9-15(13)18(4,16)17/h7-8,10H,5-6,9H2,1-4H3. The first-order valence-electron chi connectivity index (χ1n) is 6.31. The number of anilines is 1. The van der Waals surface area contributed by atoms with Gasteiger partial charge in [0.15, 0.2) is 0 Å². The molecular formula is C14H21NO2S. The topological polar surface area (TPSA) is 37.4 Å². The van der Waals surface area contributed by atoms with Gasteiger partial charge in [0.2, 0.25) is 10.0 Å². The normalized spacial score (nSPS) is 16.6. The van der Waals surface area contributed by atoms with E-state index in [2.05, 4.69) is 26.8 Å². The van der Waals surface area contributed by atoms with E-state index in [-0.39, 0.29) is 5.41 Å². The highest BCUT2D eigenvalue weighted by Gasteiger charge is 2.25. The Hall–Kier alpha value is -1.03. The van der Waals surface area contributed by atoms with Gasteiger partial charge in [0.25, 0.3) is 0 Å². The molecule has 1 heterocycles. The average Bonchev–Trinajstić information content (AvgIpc) is 2.25. The predicted molar refractivity (Wildman–Crippen MR) is 75.7 cm³/mol. The lowest BCUT2D eigenvalue weighted by atomic mass is 9.85. The number of hydrogen-bond acceptors (Lipinski definition) is 2. The Kier molecular flexibility index (Phi) is 3.18. The number of nitrogens with zero attached hydrogens (tertiary/aromatic N) is 1. The smallest absolute Gasteiger partial charge is 0.232 e. The molecule has 0 saturated carbocycles. The minimum atomic E-state index is -3.15. The van der Waals surface area contributed by atoms with Crippen molar-refractivity contribution in [1.29, 1.82) is 0 Å². The van der Waals surface area contributed by atoms with E-state index < -0.39 is 10.0 Å². The van der Waals surface area contributed by atoms with Crippen molar-refractivity contribution in [2.75, 3.05) is 17.1 Å². The number of sulfonamides is 1. The number of benzene rings is 1. The molecule has 1 aromatic carbocycles. The van der Waals surface area contributed by atoms with Crippen molar-refractivity contribution in [3.05, 3.63) is 29.3 Å². The summed E-state index contributed by atoms with van der Waals surface area (Å²) < 4.78 is 25.0. The van der Waals surface area contributed by atoms with Crippen LogP contribution >= 0.6 is 0 Å². The molecule has 0 aromatic heterocycles. The molecule has 0 atom stereocenters. The Balaban J connectivity index is 2.50. The third-order valence-corrected chi connectivity index (χ3v) is 4.60. The van der Waals surface area contributed by atoms with E-state index in [1.807, 2.05) is 12.1 Å². The van der Waals surface area contributed by atoms with E-state index in [0.29, 0.717) is 6.54 Å². The molecule has 0 amide bonds. The zero-order chi connectivity index (χ0) is 13.6. The van der Waals surface area contributed by atoms with Crippen LogP contribution in [0.5, 0.6) is 0 Å². The summed E-state index contributed by atoms with van der Waals surface area (Å²) in [5, 5.41) is 0. The van der Waals surface area contributed by atoms with Gasteiger partial charge in [0, 0.05) is 6.54 Å². The van der Waals surface area contributed by atoms with E-state index in [0.717, 1.165) is 24.1 Å². The molecule has 1 aliphatic heterocycles. The summed E-state index contributed by atoms with van der Waals surface area (Å²) in [5.41, 5.74) is 3.37. The fourth-order valence-corrected chi connectivity index (χ4v) is 3.37. The third kappa shape index (κ3) is 2.53. The molecule has 1 aromatic rings. The second kappa shape index (κ2) is 4.26. The molecule has 0 unspecified atom stereocenters. The zero-order valence-electron chi connectivity index (χ0n) is 11.5. The molecule has 0 spiro atoms. The van der Waals surface area contributed by atoms with Crippen molar-refractivity contribution in [2.45, 2.75) is 39.0 Å². The van der Waals surface area contributed by atoms with Gasteiger partial charge in [-0.3, -0.25) is 4.31 Å². The van der Waals surface area contributed by atoms with Crippen LogP contribution in [0.3, 0.4) is 0 Å². The van der Waals surface area contributed by atoms with Gasteiger partial charge >= 0.3 is 0 Å². The van der Waals surface area contributed by atoms with Crippen molar-refractivity contribution in [3.8, 4) is 0 Å². The average molecular weight is 267 g/mol. The Morgan fingerprint density at radius 3 is 2.44 bits per heavy atom. The lowest BCUT2D eigenvalue weighted by Gasteiger charge is -2.31. The van der Waals surface area contributed by atoms with Gasteiger partial charge in [0.05, 0.1) is 11.9 Å². The molecule has 0 radical (unpaired) electrons. The molecule has 0 aliphatic carbocycles. The van der Waals surface area contributed by atoms with E-state index in [4.69, 9.17) is 0 Å². The Morgan fingerprint density at radius 2 is 1.89 bits per heavy atom. The molecule has 0 saturated heterocycles. The highest BCUT2D eigenvalue weighted by Crippen LogP contribution is 2.33. The highest BCUT2D eigenvalue weighted by molar-refractivity contribution is 7.92. The minimum Gasteiger partial charge on any atom is -0.270 e. The number of hydrogen-bond donors (Lipinski definition) is 0. The molecule has 100 valence electrons. The van der Waals surface area contributed by atoms with E-state index in [1.165, 1.54) is 16.1 Å². The van der Waals surface area contributed by atoms with Gasteiger partial charge in [-0.1, -0.05) is 32.9 Å². The van der Waals surface area contributed by atoms with E-state index in [1.54, 1.807) is 0 Å². The van der Waals surface area contributed by atoms with Crippen LogP contribution in [0.2, 0.25) is 0 Å². The first-order valence-corrected chi connectivity index (χ1v) is 8.15. The Labute approximate surface area is 110 Å². The van der Waals surface area contributed by atoms with Gasteiger partial charge in [0.1, 0.15) is 0 Å². The monoisotopic (exact) mass is 267 g/mol. The molecule has 0 fully saturated rings. The van der Waals surface area contributed by atoms with Gasteiger partial charge in [-0.2, -0.15) is 0 Å². The van der Waals surface area contributed by atoms with Crippen LogP contribution in [0.25, 0.3) is 0 Å². The molecule has 2 rings (SSSR count). The zero-order valence-corrected chi connectivity index (χ0v) is 12.3. The fraction of sp³-hybridized carbons (Fsp3) is 0.571. The van der Waals surface area contributed by atoms with Gasteiger partial charge in [-0.25, -0.2) is 8.42 Å². The number of rotatable bonds is 1. The maximum absolute atomic E-state index is 11.8. The fourth-order valence-electron chi connectivity index (χ4n) is 2.37. The largest absolute Gasteiger partial charge is 0.270 e. The molecule has 4 heteroatoms. The van der Waals surface area contributed by atoms with Crippen LogP contribution in [0.1, 0.15) is 38.3 Å². The maximum Gasteiger partial charge on any atom is 0.232 e. The summed E-state index contributed by atoms with van der Waals surface area (Å²) in [7, 11) is -3.15. The summed E-state index contributed by atoms with van der Waals surface area (Å²) in [6, 6.07) is 6.16. The molecule has 3 nitrogen and oxygen atoms in total. The van der Waals surface area contributed by atoms with Crippen LogP contribution in [0.4, 0.5) is 5.69 Å². The van der Waals surface area contributed by atoms with E-state index >= 15 is 0 Å². The molecule has 1 aliphatic rings. The van der Waals surface area contributed by atoms with Gasteiger partial charge in [-0.15, -0.1) is 0 Å².